The maximum Gasteiger partial charge on any atom is 0.326 e. The molecule has 0 aromatic heterocycles. The zero-order valence-corrected chi connectivity index (χ0v) is 10.9. The highest BCUT2D eigenvalue weighted by Gasteiger charge is 2.28. The third-order valence-electron chi connectivity index (χ3n) is 2.82. The zero-order valence-electron chi connectivity index (χ0n) is 10.9. The number of rotatable bonds is 7. The average molecular weight is 259 g/mol. The summed E-state index contributed by atoms with van der Waals surface area (Å²) in [5.74, 6) is -1.77. The fraction of sp³-hybridized carbons (Fsp3) is 0.727. The Morgan fingerprint density at radius 2 is 1.72 bits per heavy atom. The maximum atomic E-state index is 11.9. The molecule has 0 saturated heterocycles. The molecule has 0 fully saturated rings. The smallest absolute Gasteiger partial charge is 0.326 e. The highest BCUT2D eigenvalue weighted by molar-refractivity contribution is 5.89. The van der Waals surface area contributed by atoms with Gasteiger partial charge in [-0.25, -0.2) is 9.59 Å². The van der Waals surface area contributed by atoms with Gasteiger partial charge in [0.1, 0.15) is 12.1 Å². The van der Waals surface area contributed by atoms with Crippen LogP contribution in [-0.4, -0.2) is 35.1 Å². The third kappa shape index (κ3) is 5.03. The highest BCUT2D eigenvalue weighted by Crippen LogP contribution is 2.08. The summed E-state index contributed by atoms with van der Waals surface area (Å²) in [6.45, 7) is 5.29. The van der Waals surface area contributed by atoms with E-state index in [0.717, 1.165) is 0 Å². The van der Waals surface area contributed by atoms with Gasteiger partial charge in [0.25, 0.3) is 0 Å². The largest absolute Gasteiger partial charge is 0.480 e. The second kappa shape index (κ2) is 7.52. The lowest BCUT2D eigenvalue weighted by Crippen LogP contribution is -2.54. The van der Waals surface area contributed by atoms with E-state index in [1.165, 1.54) is 0 Å². The standard InChI is InChI=1S/C11H21N3O4/c1-4-6(3)8(14-11(12)18)9(15)13-7(5-2)10(16)17/h6-8H,4-5H2,1-3H3,(H,13,15)(H,16,17)(H3,12,14,18)/t6?,7-,8?/m0/s1. The van der Waals surface area contributed by atoms with Crippen LogP contribution in [-0.2, 0) is 9.59 Å². The topological polar surface area (TPSA) is 122 Å². The number of urea groups is 1. The molecule has 7 nitrogen and oxygen atoms in total. The van der Waals surface area contributed by atoms with Gasteiger partial charge >= 0.3 is 12.0 Å². The molecule has 18 heavy (non-hydrogen) atoms. The Kier molecular flexibility index (Phi) is 6.77. The first-order valence-corrected chi connectivity index (χ1v) is 5.92. The van der Waals surface area contributed by atoms with Crippen molar-refractivity contribution in [3.05, 3.63) is 0 Å². The Morgan fingerprint density at radius 3 is 2.06 bits per heavy atom. The average Bonchev–Trinajstić information content (AvgIpc) is 2.30. The van der Waals surface area contributed by atoms with Gasteiger partial charge in [0.15, 0.2) is 0 Å². The van der Waals surface area contributed by atoms with E-state index < -0.39 is 30.0 Å². The van der Waals surface area contributed by atoms with Gasteiger partial charge in [0.05, 0.1) is 0 Å². The summed E-state index contributed by atoms with van der Waals surface area (Å²) in [6.07, 6.45) is 0.924. The number of nitrogens with one attached hydrogen (secondary N) is 2. The Morgan fingerprint density at radius 1 is 1.17 bits per heavy atom. The molecule has 0 aromatic carbocycles. The molecule has 0 aliphatic heterocycles. The van der Waals surface area contributed by atoms with Crippen molar-refractivity contribution in [3.63, 3.8) is 0 Å². The number of aliphatic carboxylic acids is 1. The minimum absolute atomic E-state index is 0.135. The van der Waals surface area contributed by atoms with E-state index >= 15 is 0 Å². The van der Waals surface area contributed by atoms with Gasteiger partial charge in [0.2, 0.25) is 5.91 Å². The minimum atomic E-state index is -1.10. The van der Waals surface area contributed by atoms with E-state index in [1.807, 2.05) is 6.92 Å². The predicted octanol–water partition coefficient (Wildman–Crippen LogP) is 0.0488. The normalized spacial score (nSPS) is 15.3. The van der Waals surface area contributed by atoms with Crippen LogP contribution in [0, 0.1) is 5.92 Å². The fourth-order valence-electron chi connectivity index (χ4n) is 1.46. The fourth-order valence-corrected chi connectivity index (χ4v) is 1.46. The molecule has 7 heteroatoms. The van der Waals surface area contributed by atoms with E-state index in [2.05, 4.69) is 10.6 Å². The number of amides is 3. The lowest BCUT2D eigenvalue weighted by molar-refractivity contribution is -0.142. The molecule has 0 saturated carbocycles. The zero-order chi connectivity index (χ0) is 14.3. The van der Waals surface area contributed by atoms with Crippen LogP contribution < -0.4 is 16.4 Å². The molecule has 3 atom stereocenters. The first kappa shape index (κ1) is 16.2. The van der Waals surface area contributed by atoms with Crippen LogP contribution in [0.4, 0.5) is 4.79 Å². The summed E-state index contributed by atoms with van der Waals surface area (Å²) in [6, 6.07) is -2.58. The molecule has 0 aliphatic carbocycles. The summed E-state index contributed by atoms with van der Waals surface area (Å²) >= 11 is 0. The van der Waals surface area contributed by atoms with Crippen LogP contribution >= 0.6 is 0 Å². The van der Waals surface area contributed by atoms with Crippen molar-refractivity contribution >= 4 is 17.9 Å². The van der Waals surface area contributed by atoms with Crippen molar-refractivity contribution < 1.29 is 19.5 Å². The predicted molar refractivity (Wildman–Crippen MR) is 65.8 cm³/mol. The number of primary amides is 1. The maximum absolute atomic E-state index is 11.9. The minimum Gasteiger partial charge on any atom is -0.480 e. The van der Waals surface area contributed by atoms with Gasteiger partial charge in [-0.05, 0) is 12.3 Å². The molecule has 0 radical (unpaired) electrons. The van der Waals surface area contributed by atoms with Crippen molar-refractivity contribution in [1.29, 1.82) is 0 Å². The molecular formula is C11H21N3O4. The number of nitrogens with two attached hydrogens (primary N) is 1. The molecule has 0 spiro atoms. The first-order chi connectivity index (χ1) is 8.33. The number of hydrogen-bond donors (Lipinski definition) is 4. The van der Waals surface area contributed by atoms with Gasteiger partial charge in [-0.3, -0.25) is 4.79 Å². The van der Waals surface area contributed by atoms with Gasteiger partial charge in [-0.15, -0.1) is 0 Å². The van der Waals surface area contributed by atoms with Gasteiger partial charge < -0.3 is 21.5 Å². The Labute approximate surface area is 106 Å². The molecular weight excluding hydrogens is 238 g/mol. The Hall–Kier alpha value is -1.79. The molecule has 2 unspecified atom stereocenters. The molecule has 0 aliphatic rings. The molecule has 0 rings (SSSR count). The summed E-state index contributed by atoms with van der Waals surface area (Å²) in [5.41, 5.74) is 5.00. The third-order valence-corrected chi connectivity index (χ3v) is 2.82. The molecule has 0 heterocycles. The van der Waals surface area contributed by atoms with Crippen LogP contribution in [0.5, 0.6) is 0 Å². The van der Waals surface area contributed by atoms with Crippen LogP contribution in [0.15, 0.2) is 0 Å². The van der Waals surface area contributed by atoms with E-state index in [-0.39, 0.29) is 12.3 Å². The number of carbonyl (C=O) groups is 3. The molecule has 0 bridgehead atoms. The van der Waals surface area contributed by atoms with Gasteiger partial charge in [-0.2, -0.15) is 0 Å². The monoisotopic (exact) mass is 259 g/mol. The quantitative estimate of drug-likeness (QED) is 0.516. The SMILES string of the molecule is CCC(C)C(NC(N)=O)C(=O)N[C@@H](CC)C(=O)O. The number of carboxylic acids is 1. The summed E-state index contributed by atoms with van der Waals surface area (Å²) < 4.78 is 0. The lowest BCUT2D eigenvalue weighted by atomic mass is 9.98. The van der Waals surface area contributed by atoms with E-state index in [0.29, 0.717) is 6.42 Å². The number of hydrogen-bond acceptors (Lipinski definition) is 3. The lowest BCUT2D eigenvalue weighted by Gasteiger charge is -2.24. The van der Waals surface area contributed by atoms with Crippen molar-refractivity contribution in [2.24, 2.45) is 11.7 Å². The molecule has 104 valence electrons. The van der Waals surface area contributed by atoms with Gasteiger partial charge in [-0.1, -0.05) is 27.2 Å². The molecule has 0 aromatic rings. The Balaban J connectivity index is 4.74. The number of carboxylic acid groups (broad SMARTS) is 1. The second-order valence-corrected chi connectivity index (χ2v) is 4.18. The second-order valence-electron chi connectivity index (χ2n) is 4.18. The summed E-state index contributed by atoms with van der Waals surface area (Å²) in [5, 5.41) is 13.6. The van der Waals surface area contributed by atoms with Crippen molar-refractivity contribution in [2.75, 3.05) is 0 Å². The van der Waals surface area contributed by atoms with Crippen LogP contribution in [0.2, 0.25) is 0 Å². The van der Waals surface area contributed by atoms with E-state index in [9.17, 15) is 14.4 Å². The van der Waals surface area contributed by atoms with E-state index in [1.54, 1.807) is 13.8 Å². The Bertz CT molecular complexity index is 319. The van der Waals surface area contributed by atoms with Crippen molar-refractivity contribution in [1.82, 2.24) is 10.6 Å². The van der Waals surface area contributed by atoms with E-state index in [4.69, 9.17) is 10.8 Å². The van der Waals surface area contributed by atoms with Crippen LogP contribution in [0.3, 0.4) is 0 Å². The molecule has 5 N–H and O–H groups in total. The van der Waals surface area contributed by atoms with Crippen molar-refractivity contribution in [2.45, 2.75) is 45.7 Å². The summed E-state index contributed by atoms with van der Waals surface area (Å²) in [4.78, 5) is 33.6. The van der Waals surface area contributed by atoms with Crippen LogP contribution in [0.1, 0.15) is 33.6 Å². The number of carbonyl (C=O) groups excluding carboxylic acids is 2. The van der Waals surface area contributed by atoms with Crippen LogP contribution in [0.25, 0.3) is 0 Å². The first-order valence-electron chi connectivity index (χ1n) is 5.92. The summed E-state index contributed by atoms with van der Waals surface area (Å²) in [7, 11) is 0. The highest BCUT2D eigenvalue weighted by atomic mass is 16.4. The van der Waals surface area contributed by atoms with Gasteiger partial charge in [0, 0.05) is 0 Å². The van der Waals surface area contributed by atoms with Crippen molar-refractivity contribution in [3.8, 4) is 0 Å². The molecule has 3 amide bonds.